The Hall–Kier alpha value is -1.02. The number of nitrogens with zero attached hydrogens (tertiary/aromatic N) is 1. The molecule has 2 nitrogen and oxygen atoms in total. The van der Waals surface area contributed by atoms with E-state index in [9.17, 15) is 0 Å². The Kier molecular flexibility index (Phi) is 1.36. The molecule has 0 aliphatic carbocycles. The fraction of sp³-hybridized carbons (Fsp3) is 0.125. The molecule has 56 valence electrons. The van der Waals surface area contributed by atoms with Crippen molar-refractivity contribution < 1.29 is 4.42 Å². The van der Waals surface area contributed by atoms with E-state index in [2.05, 4.69) is 4.98 Å². The minimum atomic E-state index is 0.387. The molecule has 11 heavy (non-hydrogen) atoms. The molecule has 3 heteroatoms. The van der Waals surface area contributed by atoms with Gasteiger partial charge in [-0.25, -0.2) is 4.98 Å². The van der Waals surface area contributed by atoms with Crippen molar-refractivity contribution in [2.45, 2.75) is 6.92 Å². The Labute approximate surface area is 68.8 Å². The fourth-order valence-corrected chi connectivity index (χ4v) is 1.20. The zero-order chi connectivity index (χ0) is 7.84. The molecule has 0 aromatic carbocycles. The van der Waals surface area contributed by atoms with Crippen LogP contribution in [0.4, 0.5) is 0 Å². The second-order valence-electron chi connectivity index (χ2n) is 2.46. The Morgan fingerprint density at radius 2 is 2.27 bits per heavy atom. The van der Waals surface area contributed by atoms with Crippen LogP contribution in [0.3, 0.4) is 0 Å². The van der Waals surface area contributed by atoms with Crippen LogP contribution >= 0.6 is 11.6 Å². The van der Waals surface area contributed by atoms with Gasteiger partial charge in [-0.3, -0.25) is 0 Å². The van der Waals surface area contributed by atoms with Crippen molar-refractivity contribution in [3.8, 4) is 0 Å². The third-order valence-electron chi connectivity index (χ3n) is 1.48. The molecule has 2 rings (SSSR count). The lowest BCUT2D eigenvalue weighted by Gasteiger charge is -1.88. The van der Waals surface area contributed by atoms with E-state index in [1.807, 2.05) is 13.0 Å². The van der Waals surface area contributed by atoms with Crippen molar-refractivity contribution in [1.29, 1.82) is 0 Å². The van der Waals surface area contributed by atoms with Crippen LogP contribution in [0.5, 0.6) is 0 Å². The van der Waals surface area contributed by atoms with Gasteiger partial charge in [-0.05, 0) is 30.2 Å². The number of aromatic nitrogens is 1. The first-order valence-corrected chi connectivity index (χ1v) is 3.65. The molecule has 0 fully saturated rings. The third kappa shape index (κ3) is 1.10. The number of furan rings is 1. The van der Waals surface area contributed by atoms with Crippen LogP contribution in [0.2, 0.25) is 5.22 Å². The average Bonchev–Trinajstić information content (AvgIpc) is 2.27. The number of rotatable bonds is 0. The van der Waals surface area contributed by atoms with E-state index in [1.165, 1.54) is 0 Å². The summed E-state index contributed by atoms with van der Waals surface area (Å²) < 4.78 is 5.08. The van der Waals surface area contributed by atoms with Gasteiger partial charge in [0.05, 0.1) is 0 Å². The van der Waals surface area contributed by atoms with Gasteiger partial charge in [-0.2, -0.15) is 0 Å². The summed E-state index contributed by atoms with van der Waals surface area (Å²) >= 11 is 5.63. The van der Waals surface area contributed by atoms with Gasteiger partial charge in [-0.1, -0.05) is 0 Å². The van der Waals surface area contributed by atoms with E-state index in [4.69, 9.17) is 16.0 Å². The highest BCUT2D eigenvalue weighted by Crippen LogP contribution is 2.21. The minimum Gasteiger partial charge on any atom is -0.426 e. The van der Waals surface area contributed by atoms with Gasteiger partial charge in [0.2, 0.25) is 5.71 Å². The molecule has 0 saturated carbocycles. The fourth-order valence-electron chi connectivity index (χ4n) is 1.01. The molecule has 2 aromatic rings. The largest absolute Gasteiger partial charge is 0.426 e. The summed E-state index contributed by atoms with van der Waals surface area (Å²) in [4.78, 5) is 4.05. The van der Waals surface area contributed by atoms with Gasteiger partial charge >= 0.3 is 0 Å². The zero-order valence-electron chi connectivity index (χ0n) is 5.97. The SMILES string of the molecule is Cc1cnc2oc(Cl)cc2c1. The van der Waals surface area contributed by atoms with Crippen LogP contribution in [0, 0.1) is 6.92 Å². The Balaban J connectivity index is 2.82. The van der Waals surface area contributed by atoms with Crippen LogP contribution in [-0.2, 0) is 0 Å². The van der Waals surface area contributed by atoms with Crippen molar-refractivity contribution in [1.82, 2.24) is 4.98 Å². The van der Waals surface area contributed by atoms with Crippen LogP contribution in [0.1, 0.15) is 5.56 Å². The van der Waals surface area contributed by atoms with Gasteiger partial charge < -0.3 is 4.42 Å². The third-order valence-corrected chi connectivity index (χ3v) is 1.66. The second kappa shape index (κ2) is 2.24. The Morgan fingerprint density at radius 3 is 3.09 bits per heavy atom. The van der Waals surface area contributed by atoms with Crippen LogP contribution in [0.25, 0.3) is 11.1 Å². The van der Waals surface area contributed by atoms with Gasteiger partial charge in [0, 0.05) is 17.6 Å². The number of hydrogen-bond acceptors (Lipinski definition) is 2. The summed E-state index contributed by atoms with van der Waals surface area (Å²) in [5.41, 5.74) is 1.70. The van der Waals surface area contributed by atoms with Crippen LogP contribution in [0.15, 0.2) is 22.7 Å². The first-order chi connectivity index (χ1) is 5.25. The van der Waals surface area contributed by atoms with Crippen LogP contribution < -0.4 is 0 Å². The molecule has 2 heterocycles. The standard InChI is InChI=1S/C8H6ClNO/c1-5-2-6-3-7(9)11-8(6)10-4-5/h2-4H,1H3. The molecule has 0 amide bonds. The van der Waals surface area contributed by atoms with E-state index in [0.29, 0.717) is 10.9 Å². The lowest BCUT2D eigenvalue weighted by molar-refractivity contribution is 0.605. The van der Waals surface area contributed by atoms with E-state index >= 15 is 0 Å². The molecular formula is C8H6ClNO. The normalized spacial score (nSPS) is 10.7. The van der Waals surface area contributed by atoms with E-state index in [0.717, 1.165) is 10.9 Å². The predicted molar refractivity (Wildman–Crippen MR) is 43.8 cm³/mol. The van der Waals surface area contributed by atoms with Crippen molar-refractivity contribution in [3.05, 3.63) is 29.1 Å². The van der Waals surface area contributed by atoms with Crippen molar-refractivity contribution in [3.63, 3.8) is 0 Å². The zero-order valence-corrected chi connectivity index (χ0v) is 6.72. The number of hydrogen-bond donors (Lipinski definition) is 0. The molecule has 0 radical (unpaired) electrons. The first-order valence-electron chi connectivity index (χ1n) is 3.27. The topological polar surface area (TPSA) is 26.0 Å². The molecular weight excluding hydrogens is 162 g/mol. The monoisotopic (exact) mass is 167 g/mol. The van der Waals surface area contributed by atoms with E-state index in [1.54, 1.807) is 12.3 Å². The summed E-state index contributed by atoms with van der Waals surface area (Å²) in [6.45, 7) is 1.98. The highest BCUT2D eigenvalue weighted by molar-refractivity contribution is 6.29. The van der Waals surface area contributed by atoms with Crippen molar-refractivity contribution in [2.24, 2.45) is 0 Å². The summed E-state index contributed by atoms with van der Waals surface area (Å²) in [5.74, 6) is 0. The molecule has 0 unspecified atom stereocenters. The molecule has 0 aliphatic rings. The molecule has 0 aliphatic heterocycles. The summed E-state index contributed by atoms with van der Waals surface area (Å²) in [6.07, 6.45) is 1.75. The number of fused-ring (bicyclic) bond motifs is 1. The lowest BCUT2D eigenvalue weighted by Crippen LogP contribution is -1.74. The van der Waals surface area contributed by atoms with Gasteiger partial charge in [0.15, 0.2) is 5.22 Å². The number of pyridine rings is 1. The maximum atomic E-state index is 5.63. The van der Waals surface area contributed by atoms with E-state index in [-0.39, 0.29) is 0 Å². The molecule has 2 aromatic heterocycles. The summed E-state index contributed by atoms with van der Waals surface area (Å²) in [5, 5.41) is 1.34. The summed E-state index contributed by atoms with van der Waals surface area (Å²) in [6, 6.07) is 3.74. The second-order valence-corrected chi connectivity index (χ2v) is 2.83. The molecule has 0 spiro atoms. The quantitative estimate of drug-likeness (QED) is 0.603. The Bertz CT molecular complexity index is 394. The van der Waals surface area contributed by atoms with Gasteiger partial charge in [0.25, 0.3) is 0 Å². The predicted octanol–water partition coefficient (Wildman–Crippen LogP) is 2.79. The molecule has 0 bridgehead atoms. The summed E-state index contributed by atoms with van der Waals surface area (Å²) in [7, 11) is 0. The minimum absolute atomic E-state index is 0.387. The van der Waals surface area contributed by atoms with E-state index < -0.39 is 0 Å². The highest BCUT2D eigenvalue weighted by atomic mass is 35.5. The average molecular weight is 168 g/mol. The van der Waals surface area contributed by atoms with Crippen molar-refractivity contribution in [2.75, 3.05) is 0 Å². The lowest BCUT2D eigenvalue weighted by atomic mass is 10.2. The van der Waals surface area contributed by atoms with Gasteiger partial charge in [0.1, 0.15) is 0 Å². The number of halogens is 1. The highest BCUT2D eigenvalue weighted by Gasteiger charge is 2.01. The molecule has 0 N–H and O–H groups in total. The molecule has 0 atom stereocenters. The Morgan fingerprint density at radius 1 is 1.45 bits per heavy atom. The maximum Gasteiger partial charge on any atom is 0.227 e. The van der Waals surface area contributed by atoms with Crippen molar-refractivity contribution >= 4 is 22.7 Å². The first kappa shape index (κ1) is 6.68. The number of aryl methyl sites for hydroxylation is 1. The van der Waals surface area contributed by atoms with Gasteiger partial charge in [-0.15, -0.1) is 0 Å². The van der Waals surface area contributed by atoms with Crippen LogP contribution in [-0.4, -0.2) is 4.98 Å². The maximum absolute atomic E-state index is 5.63. The smallest absolute Gasteiger partial charge is 0.227 e. The molecule has 0 saturated heterocycles.